The molecular formula is C13H18F2O2. The number of aliphatic hydroxyl groups is 1. The van der Waals surface area contributed by atoms with Gasteiger partial charge < -0.3 is 9.84 Å². The highest BCUT2D eigenvalue weighted by atomic mass is 19.2. The molecule has 2 unspecified atom stereocenters. The molecule has 0 fully saturated rings. The van der Waals surface area contributed by atoms with Crippen molar-refractivity contribution in [1.29, 1.82) is 0 Å². The van der Waals surface area contributed by atoms with E-state index in [0.29, 0.717) is 6.42 Å². The molecule has 0 radical (unpaired) electrons. The second-order valence-electron chi connectivity index (χ2n) is 4.05. The molecule has 1 rings (SSSR count). The molecule has 0 aromatic heterocycles. The maximum absolute atomic E-state index is 13.4. The van der Waals surface area contributed by atoms with E-state index in [1.165, 1.54) is 19.2 Å². The molecule has 1 aromatic rings. The molecule has 96 valence electrons. The van der Waals surface area contributed by atoms with E-state index >= 15 is 0 Å². The highest BCUT2D eigenvalue weighted by Crippen LogP contribution is 2.16. The van der Waals surface area contributed by atoms with Crippen molar-refractivity contribution >= 4 is 0 Å². The smallest absolute Gasteiger partial charge is 0.162 e. The van der Waals surface area contributed by atoms with Crippen LogP contribution >= 0.6 is 0 Å². The number of rotatable bonds is 6. The molecular weight excluding hydrogens is 226 g/mol. The Kier molecular flexibility index (Phi) is 5.51. The lowest BCUT2D eigenvalue weighted by atomic mass is 10.0. The lowest BCUT2D eigenvalue weighted by Gasteiger charge is -2.21. The number of hydrogen-bond acceptors (Lipinski definition) is 2. The Hall–Kier alpha value is -1.00. The van der Waals surface area contributed by atoms with Crippen molar-refractivity contribution in [2.45, 2.75) is 38.4 Å². The molecule has 0 aliphatic rings. The van der Waals surface area contributed by atoms with Gasteiger partial charge in [0.15, 0.2) is 11.6 Å². The van der Waals surface area contributed by atoms with Gasteiger partial charge in [-0.3, -0.25) is 0 Å². The summed E-state index contributed by atoms with van der Waals surface area (Å²) in [6.07, 6.45) is 0.441. The SMILES string of the molecule is CCCC(OC)C(O)Cc1cccc(F)c1F. The minimum atomic E-state index is -0.891. The molecule has 0 spiro atoms. The molecule has 1 aromatic carbocycles. The van der Waals surface area contributed by atoms with Gasteiger partial charge in [0.05, 0.1) is 12.2 Å². The Balaban J connectivity index is 2.72. The minimum absolute atomic E-state index is 0.0576. The summed E-state index contributed by atoms with van der Waals surface area (Å²) in [4.78, 5) is 0. The van der Waals surface area contributed by atoms with Crippen LogP contribution in [-0.4, -0.2) is 24.4 Å². The van der Waals surface area contributed by atoms with E-state index in [1.807, 2.05) is 6.92 Å². The van der Waals surface area contributed by atoms with Crippen LogP contribution in [0.4, 0.5) is 8.78 Å². The Labute approximate surface area is 100 Å². The molecule has 0 aliphatic heterocycles. The first-order valence-electron chi connectivity index (χ1n) is 5.73. The Bertz CT molecular complexity index is 355. The van der Waals surface area contributed by atoms with Gasteiger partial charge in [-0.05, 0) is 18.1 Å². The summed E-state index contributed by atoms with van der Waals surface area (Å²) in [5.74, 6) is -1.78. The molecule has 0 heterocycles. The zero-order valence-corrected chi connectivity index (χ0v) is 10.1. The van der Waals surface area contributed by atoms with Gasteiger partial charge in [-0.15, -0.1) is 0 Å². The van der Waals surface area contributed by atoms with Crippen molar-refractivity contribution in [1.82, 2.24) is 0 Å². The first kappa shape index (κ1) is 14.1. The predicted molar refractivity (Wildman–Crippen MR) is 61.8 cm³/mol. The van der Waals surface area contributed by atoms with Crippen molar-refractivity contribution in [3.05, 3.63) is 35.4 Å². The van der Waals surface area contributed by atoms with E-state index in [2.05, 4.69) is 0 Å². The van der Waals surface area contributed by atoms with E-state index in [-0.39, 0.29) is 18.1 Å². The summed E-state index contributed by atoms with van der Waals surface area (Å²) in [5.41, 5.74) is 0.177. The van der Waals surface area contributed by atoms with Crippen molar-refractivity contribution in [2.75, 3.05) is 7.11 Å². The van der Waals surface area contributed by atoms with Gasteiger partial charge in [-0.1, -0.05) is 25.5 Å². The van der Waals surface area contributed by atoms with E-state index in [9.17, 15) is 13.9 Å². The fraction of sp³-hybridized carbons (Fsp3) is 0.538. The summed E-state index contributed by atoms with van der Waals surface area (Å²) in [7, 11) is 1.51. The van der Waals surface area contributed by atoms with Crippen LogP contribution in [0.25, 0.3) is 0 Å². The van der Waals surface area contributed by atoms with Crippen molar-refractivity contribution < 1.29 is 18.6 Å². The van der Waals surface area contributed by atoms with Gasteiger partial charge in [0, 0.05) is 13.5 Å². The highest BCUT2D eigenvalue weighted by molar-refractivity contribution is 5.19. The number of hydrogen-bond donors (Lipinski definition) is 1. The summed E-state index contributed by atoms with van der Waals surface area (Å²) < 4.78 is 31.5. The summed E-state index contributed by atoms with van der Waals surface area (Å²) >= 11 is 0. The molecule has 0 saturated heterocycles. The number of aliphatic hydroxyl groups excluding tert-OH is 1. The van der Waals surface area contributed by atoms with E-state index < -0.39 is 17.7 Å². The van der Waals surface area contributed by atoms with Crippen LogP contribution < -0.4 is 0 Å². The lowest BCUT2D eigenvalue weighted by molar-refractivity contribution is -0.0163. The van der Waals surface area contributed by atoms with Gasteiger partial charge in [-0.25, -0.2) is 8.78 Å². The van der Waals surface area contributed by atoms with Crippen molar-refractivity contribution in [3.63, 3.8) is 0 Å². The molecule has 0 bridgehead atoms. The predicted octanol–water partition coefficient (Wildman–Crippen LogP) is 2.68. The van der Waals surface area contributed by atoms with Crippen molar-refractivity contribution in [3.8, 4) is 0 Å². The molecule has 0 amide bonds. The summed E-state index contributed by atoms with van der Waals surface area (Å²) in [6.45, 7) is 1.97. The van der Waals surface area contributed by atoms with Crippen LogP contribution in [0.2, 0.25) is 0 Å². The number of halogens is 2. The Morgan fingerprint density at radius 2 is 2.06 bits per heavy atom. The quantitative estimate of drug-likeness (QED) is 0.833. The lowest BCUT2D eigenvalue weighted by Crippen LogP contribution is -2.30. The molecule has 1 N–H and O–H groups in total. The van der Waals surface area contributed by atoms with Gasteiger partial charge in [0.25, 0.3) is 0 Å². The maximum atomic E-state index is 13.4. The van der Waals surface area contributed by atoms with Gasteiger partial charge in [-0.2, -0.15) is 0 Å². The maximum Gasteiger partial charge on any atom is 0.162 e. The molecule has 17 heavy (non-hydrogen) atoms. The second-order valence-corrected chi connectivity index (χ2v) is 4.05. The van der Waals surface area contributed by atoms with Crippen LogP contribution in [0.5, 0.6) is 0 Å². The fourth-order valence-electron chi connectivity index (χ4n) is 1.81. The third kappa shape index (κ3) is 3.75. The standard InChI is InChI=1S/C13H18F2O2/c1-3-5-12(17-2)11(16)8-9-6-4-7-10(14)13(9)15/h4,6-7,11-12,16H,3,5,8H2,1-2H3. The number of ether oxygens (including phenoxy) is 1. The minimum Gasteiger partial charge on any atom is -0.390 e. The topological polar surface area (TPSA) is 29.5 Å². The van der Waals surface area contributed by atoms with Crippen LogP contribution in [0.15, 0.2) is 18.2 Å². The van der Waals surface area contributed by atoms with E-state index in [1.54, 1.807) is 0 Å². The molecule has 2 atom stereocenters. The van der Waals surface area contributed by atoms with E-state index in [4.69, 9.17) is 4.74 Å². The van der Waals surface area contributed by atoms with Gasteiger partial charge >= 0.3 is 0 Å². The van der Waals surface area contributed by atoms with Crippen LogP contribution in [0.3, 0.4) is 0 Å². The Morgan fingerprint density at radius 3 is 2.65 bits per heavy atom. The second kappa shape index (κ2) is 6.67. The van der Waals surface area contributed by atoms with Gasteiger partial charge in [0.1, 0.15) is 0 Å². The summed E-state index contributed by atoms with van der Waals surface area (Å²) in [6, 6.07) is 3.97. The van der Waals surface area contributed by atoms with Gasteiger partial charge in [0.2, 0.25) is 0 Å². The normalized spacial score (nSPS) is 14.6. The highest BCUT2D eigenvalue weighted by Gasteiger charge is 2.20. The van der Waals surface area contributed by atoms with Crippen LogP contribution in [0, 0.1) is 11.6 Å². The molecule has 2 nitrogen and oxygen atoms in total. The Morgan fingerprint density at radius 1 is 1.35 bits per heavy atom. The third-order valence-corrected chi connectivity index (χ3v) is 2.77. The molecule has 4 heteroatoms. The number of benzene rings is 1. The largest absolute Gasteiger partial charge is 0.390 e. The first-order valence-corrected chi connectivity index (χ1v) is 5.73. The molecule has 0 aliphatic carbocycles. The van der Waals surface area contributed by atoms with Crippen molar-refractivity contribution in [2.24, 2.45) is 0 Å². The zero-order valence-electron chi connectivity index (χ0n) is 10.1. The van der Waals surface area contributed by atoms with Crippen LogP contribution in [-0.2, 0) is 11.2 Å². The fourth-order valence-corrected chi connectivity index (χ4v) is 1.81. The number of methoxy groups -OCH3 is 1. The zero-order chi connectivity index (χ0) is 12.8. The third-order valence-electron chi connectivity index (χ3n) is 2.77. The molecule has 0 saturated carbocycles. The summed E-state index contributed by atoms with van der Waals surface area (Å²) in [5, 5.41) is 9.89. The monoisotopic (exact) mass is 244 g/mol. The first-order chi connectivity index (χ1) is 8.10. The average molecular weight is 244 g/mol. The average Bonchev–Trinajstić information content (AvgIpc) is 2.31. The van der Waals surface area contributed by atoms with E-state index in [0.717, 1.165) is 12.5 Å². The van der Waals surface area contributed by atoms with Crippen LogP contribution in [0.1, 0.15) is 25.3 Å².